The molecular formula is C12H17NO3S3. The van der Waals surface area contributed by atoms with Crippen molar-refractivity contribution in [2.45, 2.75) is 30.5 Å². The Hall–Kier alpha value is -0.240. The van der Waals surface area contributed by atoms with Crippen molar-refractivity contribution in [3.8, 4) is 0 Å². The predicted octanol–water partition coefficient (Wildman–Crippen LogP) is 3.29. The summed E-state index contributed by atoms with van der Waals surface area (Å²) in [6, 6.07) is 0. The Bertz CT molecular complexity index is 449. The van der Waals surface area contributed by atoms with Gasteiger partial charge in [-0.3, -0.25) is 0 Å². The second-order valence-corrected chi connectivity index (χ2v) is 7.80. The Morgan fingerprint density at radius 1 is 1.47 bits per heavy atom. The smallest absolute Gasteiger partial charge is 0.347 e. The number of carboxylic acid groups (broad SMARTS) is 1. The van der Waals surface area contributed by atoms with Crippen molar-refractivity contribution in [2.75, 3.05) is 18.6 Å². The van der Waals surface area contributed by atoms with Gasteiger partial charge in [0.2, 0.25) is 0 Å². The Labute approximate surface area is 125 Å². The van der Waals surface area contributed by atoms with Crippen molar-refractivity contribution >= 4 is 40.8 Å². The van der Waals surface area contributed by atoms with Gasteiger partial charge in [0.25, 0.3) is 0 Å². The molecule has 1 aliphatic heterocycles. The third kappa shape index (κ3) is 3.45. The number of thioether (sulfide) groups is 2. The largest absolute Gasteiger partial charge is 0.477 e. The molecule has 2 rings (SSSR count). The Balaban J connectivity index is 2.28. The van der Waals surface area contributed by atoms with Crippen LogP contribution in [0.25, 0.3) is 0 Å². The topological polar surface area (TPSA) is 59.4 Å². The van der Waals surface area contributed by atoms with Gasteiger partial charge in [-0.05, 0) is 6.42 Å². The molecule has 0 radical (unpaired) electrons. The van der Waals surface area contributed by atoms with Gasteiger partial charge in [0.1, 0.15) is 9.88 Å². The van der Waals surface area contributed by atoms with E-state index < -0.39 is 5.97 Å². The molecule has 0 spiro atoms. The maximum Gasteiger partial charge on any atom is 0.347 e. The summed E-state index contributed by atoms with van der Waals surface area (Å²) in [7, 11) is 1.56. The molecule has 19 heavy (non-hydrogen) atoms. The molecule has 2 atom stereocenters. The lowest BCUT2D eigenvalue weighted by molar-refractivity contribution is 0.0697. The number of methoxy groups -OCH3 is 1. The van der Waals surface area contributed by atoms with Crippen LogP contribution in [-0.4, -0.2) is 39.9 Å². The SMILES string of the molecule is CCC1SCCSC1c1nc(COC)c(C(=O)O)s1. The second kappa shape index (κ2) is 6.97. The van der Waals surface area contributed by atoms with Crippen molar-refractivity contribution in [2.24, 2.45) is 0 Å². The lowest BCUT2D eigenvalue weighted by Crippen LogP contribution is -2.18. The number of carboxylic acids is 1. The molecule has 106 valence electrons. The van der Waals surface area contributed by atoms with Crippen LogP contribution in [0.1, 0.15) is 39.0 Å². The van der Waals surface area contributed by atoms with Crippen molar-refractivity contribution in [1.82, 2.24) is 4.98 Å². The van der Waals surface area contributed by atoms with E-state index in [9.17, 15) is 9.90 Å². The van der Waals surface area contributed by atoms with Crippen LogP contribution in [0.2, 0.25) is 0 Å². The molecule has 1 fully saturated rings. The summed E-state index contributed by atoms with van der Waals surface area (Å²) in [5.74, 6) is 1.37. The first-order valence-corrected chi connectivity index (χ1v) is 9.03. The van der Waals surface area contributed by atoms with Gasteiger partial charge in [-0.2, -0.15) is 11.8 Å². The minimum Gasteiger partial charge on any atom is -0.477 e. The minimum atomic E-state index is -0.905. The van der Waals surface area contributed by atoms with Crippen LogP contribution in [0.5, 0.6) is 0 Å². The lowest BCUT2D eigenvalue weighted by Gasteiger charge is -2.28. The molecule has 4 nitrogen and oxygen atoms in total. The van der Waals surface area contributed by atoms with Crippen molar-refractivity contribution in [3.63, 3.8) is 0 Å². The third-order valence-electron chi connectivity index (χ3n) is 2.89. The molecule has 1 aromatic heterocycles. The van der Waals surface area contributed by atoms with E-state index in [0.717, 1.165) is 17.2 Å². The maximum atomic E-state index is 11.2. The summed E-state index contributed by atoms with van der Waals surface area (Å²) in [4.78, 5) is 16.1. The summed E-state index contributed by atoms with van der Waals surface area (Å²) in [6.45, 7) is 2.44. The molecule has 2 heterocycles. The predicted molar refractivity (Wildman–Crippen MR) is 81.5 cm³/mol. The van der Waals surface area contributed by atoms with Crippen LogP contribution < -0.4 is 0 Å². The van der Waals surface area contributed by atoms with E-state index in [4.69, 9.17) is 4.74 Å². The highest BCUT2D eigenvalue weighted by Gasteiger charge is 2.31. The number of nitrogens with zero attached hydrogens (tertiary/aromatic N) is 1. The molecule has 0 amide bonds. The highest BCUT2D eigenvalue weighted by atomic mass is 32.2. The van der Waals surface area contributed by atoms with Crippen LogP contribution in [-0.2, 0) is 11.3 Å². The maximum absolute atomic E-state index is 11.2. The van der Waals surface area contributed by atoms with Gasteiger partial charge in [-0.15, -0.1) is 23.1 Å². The van der Waals surface area contributed by atoms with E-state index in [-0.39, 0.29) is 6.61 Å². The fourth-order valence-corrected chi connectivity index (χ4v) is 6.35. The quantitative estimate of drug-likeness (QED) is 0.898. The number of thiazole rings is 1. The van der Waals surface area contributed by atoms with Crippen LogP contribution >= 0.6 is 34.9 Å². The first-order chi connectivity index (χ1) is 9.17. The number of rotatable bonds is 5. The average Bonchev–Trinajstić information content (AvgIpc) is 2.83. The highest BCUT2D eigenvalue weighted by molar-refractivity contribution is 8.06. The molecular weight excluding hydrogens is 302 g/mol. The molecule has 0 aliphatic carbocycles. The summed E-state index contributed by atoms with van der Waals surface area (Å²) >= 11 is 5.17. The first kappa shape index (κ1) is 15.2. The summed E-state index contributed by atoms with van der Waals surface area (Å²) in [6.07, 6.45) is 1.09. The van der Waals surface area contributed by atoms with Crippen LogP contribution in [0.3, 0.4) is 0 Å². The first-order valence-electron chi connectivity index (χ1n) is 6.12. The lowest BCUT2D eigenvalue weighted by atomic mass is 10.2. The normalized spacial score (nSPS) is 23.5. The van der Waals surface area contributed by atoms with Gasteiger partial charge >= 0.3 is 5.97 Å². The number of carbonyl (C=O) groups is 1. The number of hydrogen-bond acceptors (Lipinski definition) is 6. The number of ether oxygens (including phenoxy) is 1. The number of hydrogen-bond donors (Lipinski definition) is 1. The second-order valence-electron chi connectivity index (χ2n) is 4.17. The van der Waals surface area contributed by atoms with E-state index in [1.165, 1.54) is 17.1 Å². The Kier molecular flexibility index (Phi) is 5.56. The molecule has 0 bridgehead atoms. The molecule has 1 saturated heterocycles. The van der Waals surface area contributed by atoms with E-state index >= 15 is 0 Å². The Morgan fingerprint density at radius 2 is 2.21 bits per heavy atom. The molecule has 0 aromatic carbocycles. The summed E-state index contributed by atoms with van der Waals surface area (Å²) in [5.41, 5.74) is 0.557. The molecule has 1 aliphatic rings. The van der Waals surface area contributed by atoms with Crippen molar-refractivity contribution < 1.29 is 14.6 Å². The summed E-state index contributed by atoms with van der Waals surface area (Å²) in [5, 5.41) is 11.0. The summed E-state index contributed by atoms with van der Waals surface area (Å²) < 4.78 is 5.04. The van der Waals surface area contributed by atoms with E-state index in [1.54, 1.807) is 7.11 Å². The highest BCUT2D eigenvalue weighted by Crippen LogP contribution is 2.45. The van der Waals surface area contributed by atoms with Crippen molar-refractivity contribution in [3.05, 3.63) is 15.6 Å². The van der Waals surface area contributed by atoms with Gasteiger partial charge in [0.15, 0.2) is 0 Å². The fraction of sp³-hybridized carbons (Fsp3) is 0.667. The standard InChI is InChI=1S/C12H17NO3S3/c1-3-8-10(18-5-4-17-8)11-13-7(6-16-2)9(19-11)12(14)15/h8,10H,3-6H2,1-2H3,(H,14,15). The van der Waals surface area contributed by atoms with E-state index in [2.05, 4.69) is 11.9 Å². The molecule has 7 heteroatoms. The molecule has 1 aromatic rings. The van der Waals surface area contributed by atoms with Gasteiger partial charge in [-0.1, -0.05) is 6.92 Å². The minimum absolute atomic E-state index is 0.263. The van der Waals surface area contributed by atoms with Crippen LogP contribution in [0.15, 0.2) is 0 Å². The van der Waals surface area contributed by atoms with E-state index in [0.29, 0.717) is 21.1 Å². The zero-order valence-electron chi connectivity index (χ0n) is 10.9. The third-order valence-corrected chi connectivity index (χ3v) is 7.46. The number of aromatic nitrogens is 1. The van der Waals surface area contributed by atoms with Gasteiger partial charge in [-0.25, -0.2) is 9.78 Å². The van der Waals surface area contributed by atoms with E-state index in [1.807, 2.05) is 23.5 Å². The van der Waals surface area contributed by atoms with Crippen molar-refractivity contribution in [1.29, 1.82) is 0 Å². The monoisotopic (exact) mass is 319 g/mol. The zero-order chi connectivity index (χ0) is 13.8. The average molecular weight is 319 g/mol. The fourth-order valence-electron chi connectivity index (χ4n) is 2.02. The molecule has 2 unspecified atom stereocenters. The van der Waals surface area contributed by atoms with Crippen LogP contribution in [0, 0.1) is 0 Å². The Morgan fingerprint density at radius 3 is 2.84 bits per heavy atom. The molecule has 0 saturated carbocycles. The van der Waals surface area contributed by atoms with Crippen LogP contribution in [0.4, 0.5) is 0 Å². The van der Waals surface area contributed by atoms with Gasteiger partial charge in [0.05, 0.1) is 17.6 Å². The number of aromatic carboxylic acids is 1. The molecule has 1 N–H and O–H groups in total. The van der Waals surface area contributed by atoms with Gasteiger partial charge < -0.3 is 9.84 Å². The van der Waals surface area contributed by atoms with Gasteiger partial charge in [0, 0.05) is 23.9 Å². The zero-order valence-corrected chi connectivity index (χ0v) is 13.4.